The SMILES string of the molecule is CC1CCC(C)CC1.CO.Oc1ccc2c(Oc3ccc(OCCN4CCCCC4)cc3)cccc2c1. The Morgan fingerprint density at radius 1 is 0.784 bits per heavy atom. The topological polar surface area (TPSA) is 62.2 Å². The highest BCUT2D eigenvalue weighted by Crippen LogP contribution is 2.32. The summed E-state index contributed by atoms with van der Waals surface area (Å²) in [6.07, 6.45) is 9.86. The number of hydrogen-bond acceptors (Lipinski definition) is 5. The van der Waals surface area contributed by atoms with E-state index < -0.39 is 0 Å². The van der Waals surface area contributed by atoms with Gasteiger partial charge in [0, 0.05) is 19.0 Å². The molecular weight excluding hydrogens is 462 g/mol. The summed E-state index contributed by atoms with van der Waals surface area (Å²) in [6, 6.07) is 18.8. The Labute approximate surface area is 223 Å². The second-order valence-corrected chi connectivity index (χ2v) is 10.4. The molecule has 2 aliphatic rings. The van der Waals surface area contributed by atoms with Gasteiger partial charge >= 0.3 is 0 Å². The molecule has 1 saturated carbocycles. The molecule has 202 valence electrons. The van der Waals surface area contributed by atoms with E-state index in [9.17, 15) is 5.11 Å². The molecule has 1 saturated heterocycles. The first-order valence-electron chi connectivity index (χ1n) is 13.9. The summed E-state index contributed by atoms with van der Waals surface area (Å²) in [5.41, 5.74) is 0. The number of likely N-dealkylation sites (tertiary alicyclic amines) is 1. The number of phenols is 1. The number of ether oxygens (including phenoxy) is 2. The highest BCUT2D eigenvalue weighted by Gasteiger charge is 2.13. The molecule has 0 bridgehead atoms. The molecule has 0 amide bonds. The van der Waals surface area contributed by atoms with Crippen molar-refractivity contribution in [3.63, 3.8) is 0 Å². The van der Waals surface area contributed by atoms with Gasteiger partial charge in [-0.25, -0.2) is 0 Å². The molecule has 37 heavy (non-hydrogen) atoms. The second kappa shape index (κ2) is 15.5. The molecule has 5 heteroatoms. The van der Waals surface area contributed by atoms with Gasteiger partial charge in [-0.05, 0) is 91.7 Å². The van der Waals surface area contributed by atoms with Crippen molar-refractivity contribution >= 4 is 10.8 Å². The van der Waals surface area contributed by atoms with Gasteiger partial charge < -0.3 is 19.7 Å². The molecule has 2 fully saturated rings. The lowest BCUT2D eigenvalue weighted by Gasteiger charge is -2.26. The zero-order valence-corrected chi connectivity index (χ0v) is 22.9. The monoisotopic (exact) mass is 507 g/mol. The van der Waals surface area contributed by atoms with Crippen LogP contribution in [0.4, 0.5) is 0 Å². The zero-order valence-electron chi connectivity index (χ0n) is 22.9. The van der Waals surface area contributed by atoms with E-state index in [4.69, 9.17) is 14.6 Å². The minimum atomic E-state index is 0.255. The highest BCUT2D eigenvalue weighted by molar-refractivity contribution is 5.89. The average Bonchev–Trinajstić information content (AvgIpc) is 2.93. The summed E-state index contributed by atoms with van der Waals surface area (Å²) in [7, 11) is 1.00. The standard InChI is InChI=1S/C23H25NO3.C8H16.CH4O/c25-19-7-12-22-18(17-19)5-4-6-23(22)27-21-10-8-20(9-11-21)26-16-15-24-13-2-1-3-14-24;1-7-3-5-8(2)6-4-7;1-2/h4-12,17,25H,1-3,13-16H2;7-8H,3-6H2,1-2H3;2H,1H3. The number of nitrogens with zero attached hydrogens (tertiary/aromatic N) is 1. The van der Waals surface area contributed by atoms with Crippen molar-refractivity contribution < 1.29 is 19.7 Å². The van der Waals surface area contributed by atoms with E-state index >= 15 is 0 Å². The number of rotatable bonds is 6. The van der Waals surface area contributed by atoms with E-state index in [-0.39, 0.29) is 5.75 Å². The fraction of sp³-hybridized carbons (Fsp3) is 0.500. The number of fused-ring (bicyclic) bond motifs is 1. The first-order valence-corrected chi connectivity index (χ1v) is 13.9. The van der Waals surface area contributed by atoms with Gasteiger partial charge in [-0.1, -0.05) is 58.1 Å². The van der Waals surface area contributed by atoms with Gasteiger partial charge in [-0.15, -0.1) is 0 Å². The zero-order chi connectivity index (χ0) is 26.5. The maximum absolute atomic E-state index is 9.64. The van der Waals surface area contributed by atoms with Gasteiger partial charge in [0.15, 0.2) is 0 Å². The molecule has 0 radical (unpaired) electrons. The maximum Gasteiger partial charge on any atom is 0.135 e. The fourth-order valence-corrected chi connectivity index (χ4v) is 4.96. The Balaban J connectivity index is 0.000000322. The molecule has 2 N–H and O–H groups in total. The normalized spacial score (nSPS) is 19.7. The molecule has 5 nitrogen and oxygen atoms in total. The van der Waals surface area contributed by atoms with E-state index in [1.54, 1.807) is 12.1 Å². The smallest absolute Gasteiger partial charge is 0.135 e. The number of piperidine rings is 1. The van der Waals surface area contributed by atoms with Crippen molar-refractivity contribution in [2.24, 2.45) is 11.8 Å². The molecule has 3 aromatic carbocycles. The van der Waals surface area contributed by atoms with Crippen molar-refractivity contribution in [3.05, 3.63) is 60.7 Å². The largest absolute Gasteiger partial charge is 0.508 e. The number of aliphatic hydroxyl groups excluding tert-OH is 1. The van der Waals surface area contributed by atoms with Gasteiger partial charge in [0.25, 0.3) is 0 Å². The van der Waals surface area contributed by atoms with Crippen molar-refractivity contribution in [2.45, 2.75) is 58.8 Å². The Hall–Kier alpha value is -2.76. The van der Waals surface area contributed by atoms with E-state index in [1.165, 1.54) is 58.0 Å². The van der Waals surface area contributed by atoms with E-state index in [2.05, 4.69) is 18.7 Å². The molecular formula is C32H45NO4. The number of phenolic OH excluding ortho intramolecular Hbond substituents is 1. The lowest BCUT2D eigenvalue weighted by Crippen LogP contribution is -2.33. The number of aliphatic hydroxyl groups is 1. The lowest BCUT2D eigenvalue weighted by molar-refractivity contribution is 0.183. The molecule has 0 atom stereocenters. The van der Waals surface area contributed by atoms with Gasteiger partial charge in [0.05, 0.1) is 0 Å². The van der Waals surface area contributed by atoms with Crippen LogP contribution in [-0.4, -0.2) is 48.5 Å². The third-order valence-corrected chi connectivity index (χ3v) is 7.30. The van der Waals surface area contributed by atoms with Crippen molar-refractivity contribution in [3.8, 4) is 23.0 Å². The minimum absolute atomic E-state index is 0.255. The molecule has 5 rings (SSSR count). The first-order chi connectivity index (χ1) is 18.1. The predicted octanol–water partition coefficient (Wildman–Crippen LogP) is 7.64. The van der Waals surface area contributed by atoms with Crippen LogP contribution in [0.1, 0.15) is 58.8 Å². The van der Waals surface area contributed by atoms with Crippen LogP contribution in [0.3, 0.4) is 0 Å². The quantitative estimate of drug-likeness (QED) is 0.359. The molecule has 1 aliphatic carbocycles. The maximum atomic E-state index is 9.64. The summed E-state index contributed by atoms with van der Waals surface area (Å²) in [5, 5.41) is 18.6. The van der Waals surface area contributed by atoms with E-state index in [0.717, 1.165) is 53.5 Å². The fourth-order valence-electron chi connectivity index (χ4n) is 4.96. The Kier molecular flexibility index (Phi) is 12.1. The van der Waals surface area contributed by atoms with Gasteiger partial charge in [-0.2, -0.15) is 0 Å². The molecule has 1 heterocycles. The van der Waals surface area contributed by atoms with Crippen molar-refractivity contribution in [1.82, 2.24) is 4.90 Å². The number of aromatic hydroxyl groups is 1. The molecule has 0 aromatic heterocycles. The molecule has 3 aromatic rings. The van der Waals surface area contributed by atoms with Crippen LogP contribution in [0.25, 0.3) is 10.8 Å². The van der Waals surface area contributed by atoms with Crippen molar-refractivity contribution in [2.75, 3.05) is 33.4 Å². The van der Waals surface area contributed by atoms with Crippen LogP contribution in [0.2, 0.25) is 0 Å². The highest BCUT2D eigenvalue weighted by atomic mass is 16.5. The Morgan fingerprint density at radius 2 is 1.41 bits per heavy atom. The van der Waals surface area contributed by atoms with E-state index in [1.807, 2.05) is 48.5 Å². The van der Waals surface area contributed by atoms with Crippen LogP contribution in [0.5, 0.6) is 23.0 Å². The predicted molar refractivity (Wildman–Crippen MR) is 153 cm³/mol. The summed E-state index contributed by atoms with van der Waals surface area (Å²) >= 11 is 0. The van der Waals surface area contributed by atoms with Crippen LogP contribution < -0.4 is 9.47 Å². The van der Waals surface area contributed by atoms with Crippen LogP contribution in [0.15, 0.2) is 60.7 Å². The number of hydrogen-bond donors (Lipinski definition) is 2. The Morgan fingerprint density at radius 3 is 2.05 bits per heavy atom. The summed E-state index contributed by atoms with van der Waals surface area (Å²) in [6.45, 7) is 8.82. The lowest BCUT2D eigenvalue weighted by atomic mass is 9.84. The van der Waals surface area contributed by atoms with Crippen LogP contribution in [-0.2, 0) is 0 Å². The van der Waals surface area contributed by atoms with Crippen LogP contribution >= 0.6 is 0 Å². The molecule has 1 aliphatic heterocycles. The van der Waals surface area contributed by atoms with Crippen LogP contribution in [0, 0.1) is 11.8 Å². The van der Waals surface area contributed by atoms with E-state index in [0.29, 0.717) is 6.61 Å². The van der Waals surface area contributed by atoms with Crippen molar-refractivity contribution in [1.29, 1.82) is 0 Å². The summed E-state index contributed by atoms with van der Waals surface area (Å²) in [4.78, 5) is 2.47. The summed E-state index contributed by atoms with van der Waals surface area (Å²) in [5.74, 6) is 4.69. The number of benzene rings is 3. The van der Waals surface area contributed by atoms with Gasteiger partial charge in [-0.3, -0.25) is 4.90 Å². The summed E-state index contributed by atoms with van der Waals surface area (Å²) < 4.78 is 11.9. The molecule has 0 spiro atoms. The van der Waals surface area contributed by atoms with Gasteiger partial charge in [0.2, 0.25) is 0 Å². The average molecular weight is 508 g/mol. The van der Waals surface area contributed by atoms with Gasteiger partial charge in [0.1, 0.15) is 29.6 Å². The minimum Gasteiger partial charge on any atom is -0.508 e. The molecule has 0 unspecified atom stereocenters. The third-order valence-electron chi connectivity index (χ3n) is 7.30. The third kappa shape index (κ3) is 9.56. The first kappa shape index (κ1) is 28.8. The Bertz CT molecular complexity index is 1030. The second-order valence-electron chi connectivity index (χ2n) is 10.4.